The van der Waals surface area contributed by atoms with Crippen LogP contribution >= 0.6 is 11.6 Å². The number of nitrogens with two attached hydrogens (primary N) is 1. The number of amides is 1. The van der Waals surface area contributed by atoms with Crippen LogP contribution in [-0.2, 0) is 4.79 Å². The Labute approximate surface area is 128 Å². The van der Waals surface area contributed by atoms with Gasteiger partial charge in [-0.3, -0.25) is 4.79 Å². The van der Waals surface area contributed by atoms with Crippen LogP contribution in [0.2, 0.25) is 5.02 Å². The molecule has 1 fully saturated rings. The fourth-order valence-corrected chi connectivity index (χ4v) is 3.03. The van der Waals surface area contributed by atoms with Gasteiger partial charge in [0.25, 0.3) is 0 Å². The normalized spacial score (nSPS) is 18.8. The van der Waals surface area contributed by atoms with Crippen LogP contribution in [0.4, 0.5) is 5.69 Å². The van der Waals surface area contributed by atoms with Gasteiger partial charge in [-0.2, -0.15) is 0 Å². The van der Waals surface area contributed by atoms with E-state index in [9.17, 15) is 4.79 Å². The fourth-order valence-electron chi connectivity index (χ4n) is 2.82. The van der Waals surface area contributed by atoms with Crippen molar-refractivity contribution in [2.75, 3.05) is 25.1 Å². The maximum Gasteiger partial charge on any atom is 0.225 e. The summed E-state index contributed by atoms with van der Waals surface area (Å²) in [4.78, 5) is 12.2. The van der Waals surface area contributed by atoms with Gasteiger partial charge in [-0.15, -0.1) is 0 Å². The van der Waals surface area contributed by atoms with E-state index in [-0.39, 0.29) is 11.3 Å². The predicted octanol–water partition coefficient (Wildman–Crippen LogP) is 2.57. The summed E-state index contributed by atoms with van der Waals surface area (Å²) in [5.74, 6) is 1.17. The van der Waals surface area contributed by atoms with Gasteiger partial charge in [0.2, 0.25) is 5.91 Å². The molecule has 21 heavy (non-hydrogen) atoms. The van der Waals surface area contributed by atoms with Crippen LogP contribution in [0.25, 0.3) is 0 Å². The van der Waals surface area contributed by atoms with Crippen molar-refractivity contribution < 1.29 is 14.3 Å². The van der Waals surface area contributed by atoms with Crippen molar-refractivity contribution in [3.63, 3.8) is 0 Å². The molecule has 0 aromatic heterocycles. The van der Waals surface area contributed by atoms with Gasteiger partial charge in [0.15, 0.2) is 11.5 Å². The molecule has 1 aromatic carbocycles. The summed E-state index contributed by atoms with van der Waals surface area (Å²) in [7, 11) is 0. The molecule has 0 bridgehead atoms. The van der Waals surface area contributed by atoms with Crippen molar-refractivity contribution in [2.45, 2.75) is 25.7 Å². The van der Waals surface area contributed by atoms with Crippen LogP contribution in [0.1, 0.15) is 25.7 Å². The van der Waals surface area contributed by atoms with Crippen LogP contribution in [0.5, 0.6) is 11.5 Å². The summed E-state index contributed by atoms with van der Waals surface area (Å²) in [6, 6.07) is 3.39. The molecule has 2 aliphatic rings. The average Bonchev–Trinajstić information content (AvgIpc) is 2.44. The third kappa shape index (κ3) is 2.94. The number of halogens is 1. The summed E-state index contributed by atoms with van der Waals surface area (Å²) >= 11 is 6.18. The Balaban J connectivity index is 1.71. The lowest BCUT2D eigenvalue weighted by molar-refractivity contribution is -0.119. The Kier molecular flexibility index (Phi) is 3.95. The van der Waals surface area contributed by atoms with Crippen molar-refractivity contribution >= 4 is 23.2 Å². The van der Waals surface area contributed by atoms with Crippen molar-refractivity contribution in [3.05, 3.63) is 17.2 Å². The number of nitrogens with one attached hydrogen (secondary N) is 1. The molecule has 1 heterocycles. The van der Waals surface area contributed by atoms with E-state index in [1.165, 1.54) is 0 Å². The maximum atomic E-state index is 12.2. The Morgan fingerprint density at radius 2 is 1.95 bits per heavy atom. The molecule has 5 nitrogen and oxygen atoms in total. The molecule has 1 saturated carbocycles. The highest BCUT2D eigenvalue weighted by Crippen LogP contribution is 2.43. The van der Waals surface area contributed by atoms with Crippen molar-refractivity contribution in [2.24, 2.45) is 11.1 Å². The highest BCUT2D eigenvalue weighted by Gasteiger charge is 2.37. The largest absolute Gasteiger partial charge is 0.486 e. The van der Waals surface area contributed by atoms with Crippen molar-refractivity contribution in [1.29, 1.82) is 0 Å². The van der Waals surface area contributed by atoms with Crippen molar-refractivity contribution in [3.8, 4) is 11.5 Å². The third-order valence-corrected chi connectivity index (χ3v) is 4.60. The summed E-state index contributed by atoms with van der Waals surface area (Å²) < 4.78 is 11.0. The Morgan fingerprint density at radius 3 is 2.52 bits per heavy atom. The second kappa shape index (κ2) is 5.73. The molecule has 0 spiro atoms. The van der Waals surface area contributed by atoms with E-state index in [1.807, 2.05) is 0 Å². The SMILES string of the molecule is NCC1(CC(=O)Nc2cc3c(cc2Cl)OCCO3)CCC1. The number of rotatable bonds is 4. The van der Waals surface area contributed by atoms with E-state index in [1.54, 1.807) is 12.1 Å². The lowest BCUT2D eigenvalue weighted by Crippen LogP contribution is -2.40. The molecule has 1 amide bonds. The molecule has 1 aliphatic carbocycles. The fraction of sp³-hybridized carbons (Fsp3) is 0.533. The van der Waals surface area contributed by atoms with Gasteiger partial charge in [-0.1, -0.05) is 18.0 Å². The van der Waals surface area contributed by atoms with E-state index < -0.39 is 0 Å². The zero-order chi connectivity index (χ0) is 14.9. The van der Waals surface area contributed by atoms with Crippen LogP contribution in [0.15, 0.2) is 12.1 Å². The quantitative estimate of drug-likeness (QED) is 0.896. The number of anilines is 1. The number of carbonyl (C=O) groups is 1. The van der Waals surface area contributed by atoms with E-state index in [0.717, 1.165) is 19.3 Å². The van der Waals surface area contributed by atoms with Crippen LogP contribution in [0.3, 0.4) is 0 Å². The molecule has 0 atom stereocenters. The van der Waals surface area contributed by atoms with Gasteiger partial charge in [-0.05, 0) is 24.8 Å². The molecular formula is C15H19ClN2O3. The second-order valence-corrected chi connectivity index (χ2v) is 6.17. The molecule has 3 rings (SSSR count). The van der Waals surface area contributed by atoms with Gasteiger partial charge >= 0.3 is 0 Å². The number of carbonyl (C=O) groups excluding carboxylic acids is 1. The van der Waals surface area contributed by atoms with E-state index in [0.29, 0.717) is 48.4 Å². The molecule has 0 unspecified atom stereocenters. The van der Waals surface area contributed by atoms with E-state index in [4.69, 9.17) is 26.8 Å². The third-order valence-electron chi connectivity index (χ3n) is 4.29. The Hall–Kier alpha value is -1.46. The molecular weight excluding hydrogens is 292 g/mol. The first-order valence-corrected chi connectivity index (χ1v) is 7.59. The summed E-state index contributed by atoms with van der Waals surface area (Å²) in [5.41, 5.74) is 6.32. The first kappa shape index (κ1) is 14.5. The molecule has 3 N–H and O–H groups in total. The van der Waals surface area contributed by atoms with Crippen LogP contribution < -0.4 is 20.5 Å². The smallest absolute Gasteiger partial charge is 0.225 e. The molecule has 1 aliphatic heterocycles. The van der Waals surface area contributed by atoms with Gasteiger partial charge in [0.05, 0.1) is 10.7 Å². The highest BCUT2D eigenvalue weighted by atomic mass is 35.5. The first-order valence-electron chi connectivity index (χ1n) is 7.21. The summed E-state index contributed by atoms with van der Waals surface area (Å²) in [6.45, 7) is 1.56. The van der Waals surface area contributed by atoms with Gasteiger partial charge in [0, 0.05) is 18.6 Å². The summed E-state index contributed by atoms with van der Waals surface area (Å²) in [6.07, 6.45) is 3.63. The minimum absolute atomic E-state index is 0.0234. The zero-order valence-corrected chi connectivity index (χ0v) is 12.5. The van der Waals surface area contributed by atoms with Gasteiger partial charge in [-0.25, -0.2) is 0 Å². The minimum Gasteiger partial charge on any atom is -0.486 e. The number of fused-ring (bicyclic) bond motifs is 1. The number of ether oxygens (including phenoxy) is 2. The van der Waals surface area contributed by atoms with Gasteiger partial charge < -0.3 is 20.5 Å². The first-order chi connectivity index (χ1) is 10.1. The number of benzene rings is 1. The standard InChI is InChI=1S/C15H19ClN2O3/c16-10-6-12-13(21-5-4-20-12)7-11(10)18-14(19)8-15(9-17)2-1-3-15/h6-7H,1-5,8-9,17H2,(H,18,19). The highest BCUT2D eigenvalue weighted by molar-refractivity contribution is 6.34. The van der Waals surface area contributed by atoms with Crippen molar-refractivity contribution in [1.82, 2.24) is 0 Å². The minimum atomic E-state index is -0.0567. The maximum absolute atomic E-state index is 12.2. The lowest BCUT2D eigenvalue weighted by atomic mass is 9.66. The predicted molar refractivity (Wildman–Crippen MR) is 81.0 cm³/mol. The monoisotopic (exact) mass is 310 g/mol. The summed E-state index contributed by atoms with van der Waals surface area (Å²) in [5, 5.41) is 3.30. The second-order valence-electron chi connectivity index (χ2n) is 5.76. The molecule has 6 heteroatoms. The van der Waals surface area contributed by atoms with Gasteiger partial charge in [0.1, 0.15) is 13.2 Å². The molecule has 0 saturated heterocycles. The molecule has 0 radical (unpaired) electrons. The number of hydrogen-bond acceptors (Lipinski definition) is 4. The average molecular weight is 311 g/mol. The van der Waals surface area contributed by atoms with E-state index in [2.05, 4.69) is 5.32 Å². The lowest BCUT2D eigenvalue weighted by Gasteiger charge is -2.40. The topological polar surface area (TPSA) is 73.6 Å². The Morgan fingerprint density at radius 1 is 1.29 bits per heavy atom. The number of hydrogen-bond donors (Lipinski definition) is 2. The molecule has 1 aromatic rings. The Bertz CT molecular complexity index is 553. The molecule has 114 valence electrons. The zero-order valence-electron chi connectivity index (χ0n) is 11.8. The van der Waals surface area contributed by atoms with Crippen LogP contribution in [-0.4, -0.2) is 25.7 Å². The van der Waals surface area contributed by atoms with E-state index >= 15 is 0 Å². The van der Waals surface area contributed by atoms with Crippen LogP contribution in [0, 0.1) is 5.41 Å².